The van der Waals surface area contributed by atoms with Crippen molar-refractivity contribution in [1.82, 2.24) is 15.0 Å². The van der Waals surface area contributed by atoms with Gasteiger partial charge in [-0.25, -0.2) is 4.98 Å². The van der Waals surface area contributed by atoms with E-state index in [1.54, 1.807) is 0 Å². The molecule has 0 aliphatic rings. The lowest BCUT2D eigenvalue weighted by Crippen LogP contribution is -2.18. The van der Waals surface area contributed by atoms with Crippen LogP contribution in [0.1, 0.15) is 33.4 Å². The molecule has 0 aliphatic heterocycles. The number of hydrogen-bond acceptors (Lipinski definition) is 5. The molecule has 0 radical (unpaired) electrons. The Kier molecular flexibility index (Phi) is 11.0. The fourth-order valence-corrected chi connectivity index (χ4v) is 8.91. The molecule has 62 heavy (non-hydrogen) atoms. The van der Waals surface area contributed by atoms with Crippen LogP contribution in [0.5, 0.6) is 0 Å². The Balaban J connectivity index is 1.28. The Morgan fingerprint density at radius 3 is 1.23 bits per heavy atom. The molecule has 8 aromatic carbocycles. The van der Waals surface area contributed by atoms with Gasteiger partial charge in [-0.3, -0.25) is 4.90 Å². The second-order valence-electron chi connectivity index (χ2n) is 16.1. The monoisotopic (exact) mass is 803 g/mol. The summed E-state index contributed by atoms with van der Waals surface area (Å²) in [5.41, 5.74) is 18.9. The van der Waals surface area contributed by atoms with E-state index in [2.05, 4.69) is 215 Å². The molecule has 1 aromatic heterocycles. The Morgan fingerprint density at radius 1 is 0.323 bits per heavy atom. The van der Waals surface area contributed by atoms with Gasteiger partial charge in [0.15, 0.2) is 11.6 Å². The summed E-state index contributed by atoms with van der Waals surface area (Å²) in [6, 6.07) is 66.0. The molecule has 5 nitrogen and oxygen atoms in total. The maximum Gasteiger partial charge on any atom is 0.238 e. The highest BCUT2D eigenvalue weighted by atomic mass is 15.3. The van der Waals surface area contributed by atoms with Gasteiger partial charge in [0.05, 0.1) is 17.1 Å². The minimum Gasteiger partial charge on any atom is -0.309 e. The van der Waals surface area contributed by atoms with Crippen LogP contribution in [0.2, 0.25) is 0 Å². The van der Waals surface area contributed by atoms with Crippen LogP contribution >= 0.6 is 0 Å². The van der Waals surface area contributed by atoms with E-state index in [4.69, 9.17) is 15.0 Å². The van der Waals surface area contributed by atoms with E-state index in [-0.39, 0.29) is 0 Å². The van der Waals surface area contributed by atoms with E-state index in [1.807, 2.05) is 24.3 Å². The minimum absolute atomic E-state index is 0.514. The van der Waals surface area contributed by atoms with Crippen molar-refractivity contribution in [2.45, 2.75) is 41.5 Å². The Morgan fingerprint density at radius 2 is 0.710 bits per heavy atom. The lowest BCUT2D eigenvalue weighted by Gasteiger charge is -2.32. The molecule has 9 aromatic rings. The number of anilines is 6. The predicted molar refractivity (Wildman–Crippen MR) is 259 cm³/mol. The number of aromatic nitrogens is 3. The fraction of sp³-hybridized carbons (Fsp3) is 0.105. The van der Waals surface area contributed by atoms with Gasteiger partial charge in [0.2, 0.25) is 5.95 Å². The van der Waals surface area contributed by atoms with Crippen molar-refractivity contribution < 1.29 is 0 Å². The summed E-state index contributed by atoms with van der Waals surface area (Å²) in [6.07, 6.45) is 0. The summed E-state index contributed by atoms with van der Waals surface area (Å²) >= 11 is 0. The largest absolute Gasteiger partial charge is 0.309 e. The normalized spacial score (nSPS) is 11.1. The lowest BCUT2D eigenvalue weighted by atomic mass is 9.98. The van der Waals surface area contributed by atoms with E-state index in [0.29, 0.717) is 17.6 Å². The van der Waals surface area contributed by atoms with Gasteiger partial charge < -0.3 is 4.90 Å². The van der Waals surface area contributed by atoms with Crippen LogP contribution < -0.4 is 9.80 Å². The molecule has 0 amide bonds. The average Bonchev–Trinajstić information content (AvgIpc) is 3.29. The zero-order valence-electron chi connectivity index (χ0n) is 36.1. The Labute approximate surface area is 365 Å². The summed E-state index contributed by atoms with van der Waals surface area (Å²) in [7, 11) is 0. The Bertz CT molecular complexity index is 2910. The molecule has 0 unspecified atom stereocenters. The van der Waals surface area contributed by atoms with Gasteiger partial charge in [-0.15, -0.1) is 0 Å². The van der Waals surface area contributed by atoms with Crippen molar-refractivity contribution in [2.75, 3.05) is 9.80 Å². The summed E-state index contributed by atoms with van der Waals surface area (Å²) in [4.78, 5) is 20.6. The third kappa shape index (κ3) is 7.89. The van der Waals surface area contributed by atoms with Crippen molar-refractivity contribution in [3.8, 4) is 45.0 Å². The van der Waals surface area contributed by atoms with Crippen LogP contribution in [0.15, 0.2) is 188 Å². The third-order valence-corrected chi connectivity index (χ3v) is 11.4. The highest BCUT2D eigenvalue weighted by molar-refractivity contribution is 5.90. The predicted octanol–water partition coefficient (Wildman–Crippen LogP) is 15.3. The SMILES string of the molecule is Cc1cc(C)c(N(c2ccc(N(c3nc(-c4ccccc4)nc(-c4ccccc4-c4ccccc4)n3)c3ccccc3-c3ccccc3)cc2)c2c(C)cc(C)cc2C)c(C)c1. The van der Waals surface area contributed by atoms with E-state index in [9.17, 15) is 0 Å². The molecule has 0 atom stereocenters. The molecule has 0 saturated heterocycles. The van der Waals surface area contributed by atoms with Gasteiger partial charge >= 0.3 is 0 Å². The van der Waals surface area contributed by atoms with Gasteiger partial charge in [0.25, 0.3) is 0 Å². The maximum atomic E-state index is 5.41. The van der Waals surface area contributed by atoms with Crippen LogP contribution in [-0.4, -0.2) is 15.0 Å². The second kappa shape index (κ2) is 17.2. The molecule has 1 heterocycles. The molecule has 302 valence electrons. The maximum absolute atomic E-state index is 5.41. The molecule has 9 rings (SSSR count). The van der Waals surface area contributed by atoms with E-state index in [1.165, 1.54) is 44.8 Å². The third-order valence-electron chi connectivity index (χ3n) is 11.4. The topological polar surface area (TPSA) is 45.2 Å². The van der Waals surface area contributed by atoms with Crippen LogP contribution in [-0.2, 0) is 0 Å². The second-order valence-corrected chi connectivity index (χ2v) is 16.1. The number of nitrogens with zero attached hydrogens (tertiary/aromatic N) is 5. The molecule has 0 saturated carbocycles. The molecule has 0 fully saturated rings. The molecular formula is C57H49N5. The van der Waals surface area contributed by atoms with Crippen molar-refractivity contribution >= 4 is 34.4 Å². The first-order valence-corrected chi connectivity index (χ1v) is 21.2. The average molecular weight is 804 g/mol. The molecular weight excluding hydrogens is 755 g/mol. The zero-order chi connectivity index (χ0) is 42.7. The van der Waals surface area contributed by atoms with Crippen molar-refractivity contribution in [3.05, 3.63) is 221 Å². The van der Waals surface area contributed by atoms with Crippen molar-refractivity contribution in [2.24, 2.45) is 0 Å². The van der Waals surface area contributed by atoms with E-state index in [0.717, 1.165) is 50.4 Å². The van der Waals surface area contributed by atoms with Crippen LogP contribution in [0.25, 0.3) is 45.0 Å². The summed E-state index contributed by atoms with van der Waals surface area (Å²) in [6.45, 7) is 13.2. The molecule has 5 heteroatoms. The van der Waals surface area contributed by atoms with Gasteiger partial charge in [-0.2, -0.15) is 9.97 Å². The first-order valence-electron chi connectivity index (χ1n) is 21.2. The zero-order valence-corrected chi connectivity index (χ0v) is 36.1. The van der Waals surface area contributed by atoms with Gasteiger partial charge in [0, 0.05) is 28.1 Å². The first-order chi connectivity index (χ1) is 30.2. The molecule has 0 aliphatic carbocycles. The van der Waals surface area contributed by atoms with Crippen LogP contribution in [0, 0.1) is 41.5 Å². The number of hydrogen-bond donors (Lipinski definition) is 0. The molecule has 0 spiro atoms. The fourth-order valence-electron chi connectivity index (χ4n) is 8.91. The van der Waals surface area contributed by atoms with E-state index >= 15 is 0 Å². The van der Waals surface area contributed by atoms with E-state index < -0.39 is 0 Å². The number of para-hydroxylation sites is 1. The lowest BCUT2D eigenvalue weighted by molar-refractivity contribution is 1.02. The minimum atomic E-state index is 0.514. The highest BCUT2D eigenvalue weighted by Crippen LogP contribution is 2.45. The standard InChI is InChI=1S/C57H49N5/c1-38-34-40(3)53(41(4)35-38)62(54-42(5)36-39(2)37-43(54)6)48-32-30-47(31-33-48)61(52-29-19-18-27-50(52)45-22-12-8-13-23-45)57-59-55(46-24-14-9-15-25-46)58-56(60-57)51-28-17-16-26-49(51)44-20-10-7-11-21-44/h7-37H,1-6H3. The number of rotatable bonds is 10. The van der Waals surface area contributed by atoms with Gasteiger partial charge in [0.1, 0.15) is 0 Å². The van der Waals surface area contributed by atoms with Gasteiger partial charge in [-0.1, -0.05) is 169 Å². The van der Waals surface area contributed by atoms with Crippen LogP contribution in [0.3, 0.4) is 0 Å². The number of aryl methyl sites for hydroxylation is 6. The summed E-state index contributed by atoms with van der Waals surface area (Å²) < 4.78 is 0. The smallest absolute Gasteiger partial charge is 0.238 e. The highest BCUT2D eigenvalue weighted by Gasteiger charge is 2.25. The van der Waals surface area contributed by atoms with Gasteiger partial charge in [-0.05, 0) is 111 Å². The van der Waals surface area contributed by atoms with Crippen LogP contribution in [0.4, 0.5) is 34.4 Å². The molecule has 0 bridgehead atoms. The van der Waals surface area contributed by atoms with Crippen molar-refractivity contribution in [1.29, 1.82) is 0 Å². The van der Waals surface area contributed by atoms with Crippen molar-refractivity contribution in [3.63, 3.8) is 0 Å². The summed E-state index contributed by atoms with van der Waals surface area (Å²) in [5, 5.41) is 0. The Hall–Kier alpha value is -7.63. The molecule has 0 N–H and O–H groups in total. The number of benzene rings is 8. The quantitative estimate of drug-likeness (QED) is 0.138. The first kappa shape index (κ1) is 39.8. The summed E-state index contributed by atoms with van der Waals surface area (Å²) in [5.74, 6) is 1.70.